The Kier molecular flexibility index (Phi) is 4.01. The lowest BCUT2D eigenvalue weighted by Gasteiger charge is -2.10. The van der Waals surface area contributed by atoms with Gasteiger partial charge in [-0.3, -0.25) is 0 Å². The summed E-state index contributed by atoms with van der Waals surface area (Å²) < 4.78 is 6.59. The Morgan fingerprint density at radius 2 is 1.92 bits per heavy atom. The van der Waals surface area contributed by atoms with Gasteiger partial charge < -0.3 is 10.1 Å². The van der Waals surface area contributed by atoms with Gasteiger partial charge in [-0.1, -0.05) is 24.3 Å². The molecule has 1 N–H and O–H groups in total. The van der Waals surface area contributed by atoms with E-state index in [1.807, 2.05) is 53.9 Å². The van der Waals surface area contributed by atoms with E-state index in [1.165, 1.54) is 7.11 Å². The van der Waals surface area contributed by atoms with Crippen molar-refractivity contribution in [2.45, 2.75) is 13.5 Å². The summed E-state index contributed by atoms with van der Waals surface area (Å²) in [6.45, 7) is 2.56. The van der Waals surface area contributed by atoms with Crippen LogP contribution >= 0.6 is 0 Å². The molecule has 4 rings (SSSR count). The number of carbonyl (C=O) groups excluding carboxylic acids is 1. The van der Waals surface area contributed by atoms with Gasteiger partial charge in [-0.15, -0.1) is 0 Å². The number of aromatic nitrogens is 3. The van der Waals surface area contributed by atoms with Gasteiger partial charge in [0.1, 0.15) is 5.82 Å². The first-order chi connectivity index (χ1) is 12.7. The van der Waals surface area contributed by atoms with E-state index >= 15 is 0 Å². The maximum absolute atomic E-state index is 11.5. The zero-order chi connectivity index (χ0) is 18.1. The lowest BCUT2D eigenvalue weighted by Crippen LogP contribution is -2.05. The minimum atomic E-state index is -0.335. The number of hydrogen-bond acceptors (Lipinski definition) is 5. The lowest BCUT2D eigenvalue weighted by atomic mass is 10.1. The molecule has 0 aliphatic rings. The first-order valence-electron chi connectivity index (χ1n) is 8.32. The highest BCUT2D eigenvalue weighted by molar-refractivity contribution is 5.91. The van der Waals surface area contributed by atoms with Gasteiger partial charge in [0, 0.05) is 18.0 Å². The molecule has 0 atom stereocenters. The predicted octanol–water partition coefficient (Wildman–Crippen LogP) is 3.59. The van der Waals surface area contributed by atoms with Crippen molar-refractivity contribution in [2.75, 3.05) is 12.4 Å². The molecule has 0 aliphatic heterocycles. The maximum atomic E-state index is 11.5. The Hall–Kier alpha value is -3.41. The topological polar surface area (TPSA) is 68.5 Å². The third-order valence-corrected chi connectivity index (χ3v) is 4.26. The van der Waals surface area contributed by atoms with Crippen LogP contribution in [0.25, 0.3) is 16.6 Å². The molecule has 0 fully saturated rings. The van der Waals surface area contributed by atoms with E-state index in [-0.39, 0.29) is 5.97 Å². The minimum Gasteiger partial charge on any atom is -0.465 e. The zero-order valence-electron chi connectivity index (χ0n) is 14.6. The van der Waals surface area contributed by atoms with Crippen molar-refractivity contribution in [3.05, 3.63) is 71.4 Å². The van der Waals surface area contributed by atoms with Gasteiger partial charge in [0.25, 0.3) is 0 Å². The summed E-state index contributed by atoms with van der Waals surface area (Å²) in [6, 6.07) is 17.3. The number of anilines is 1. The van der Waals surface area contributed by atoms with Crippen LogP contribution in [0.4, 0.5) is 5.82 Å². The molecule has 0 aliphatic carbocycles. The Morgan fingerprint density at radius 1 is 1.15 bits per heavy atom. The van der Waals surface area contributed by atoms with Crippen LogP contribution in [0.15, 0.2) is 54.6 Å². The molecule has 2 heterocycles. The van der Waals surface area contributed by atoms with Gasteiger partial charge in [-0.25, -0.2) is 14.3 Å². The van der Waals surface area contributed by atoms with E-state index in [1.54, 1.807) is 12.1 Å². The Bertz CT molecular complexity index is 1100. The van der Waals surface area contributed by atoms with Gasteiger partial charge in [-0.05, 0) is 36.8 Å². The third kappa shape index (κ3) is 2.86. The molecule has 2 aromatic heterocycles. The summed E-state index contributed by atoms with van der Waals surface area (Å²) in [5, 5.41) is 8.93. The van der Waals surface area contributed by atoms with Gasteiger partial charge in [-0.2, -0.15) is 5.10 Å². The molecule has 0 amide bonds. The number of aryl methyl sites for hydroxylation is 1. The van der Waals surface area contributed by atoms with E-state index in [0.717, 1.165) is 33.6 Å². The van der Waals surface area contributed by atoms with Gasteiger partial charge in [0.15, 0.2) is 5.65 Å². The molecular weight excluding hydrogens is 328 g/mol. The normalized spacial score (nSPS) is 11.0. The molecule has 0 unspecified atom stereocenters. The van der Waals surface area contributed by atoms with Crippen molar-refractivity contribution in [3.63, 3.8) is 0 Å². The average molecular weight is 346 g/mol. The van der Waals surface area contributed by atoms with E-state index in [9.17, 15) is 4.79 Å². The first-order valence-corrected chi connectivity index (χ1v) is 8.32. The van der Waals surface area contributed by atoms with Crippen LogP contribution in [-0.4, -0.2) is 27.7 Å². The molecule has 0 saturated carbocycles. The third-order valence-electron chi connectivity index (χ3n) is 4.26. The lowest BCUT2D eigenvalue weighted by molar-refractivity contribution is 0.0600. The van der Waals surface area contributed by atoms with Crippen molar-refractivity contribution < 1.29 is 9.53 Å². The number of nitrogens with one attached hydrogen (secondary N) is 1. The second-order valence-corrected chi connectivity index (χ2v) is 6.08. The summed E-state index contributed by atoms with van der Waals surface area (Å²) in [6.07, 6.45) is 0. The average Bonchev–Trinajstić information content (AvgIpc) is 3.06. The van der Waals surface area contributed by atoms with Crippen LogP contribution in [0.1, 0.15) is 21.6 Å². The highest BCUT2D eigenvalue weighted by atomic mass is 16.5. The SMILES string of the molecule is COC(=O)c1ccc(CNc2nc3cc(C)nn3c3ccccc23)cc1. The van der Waals surface area contributed by atoms with Gasteiger partial charge >= 0.3 is 5.97 Å². The summed E-state index contributed by atoms with van der Waals surface area (Å²) in [4.78, 5) is 16.2. The second kappa shape index (κ2) is 6.48. The number of esters is 1. The van der Waals surface area contributed by atoms with Crippen LogP contribution in [0.2, 0.25) is 0 Å². The quantitative estimate of drug-likeness (QED) is 0.572. The van der Waals surface area contributed by atoms with Crippen molar-refractivity contribution in [1.82, 2.24) is 14.6 Å². The predicted molar refractivity (Wildman–Crippen MR) is 100 cm³/mol. The van der Waals surface area contributed by atoms with Crippen LogP contribution < -0.4 is 5.32 Å². The highest BCUT2D eigenvalue weighted by Crippen LogP contribution is 2.23. The van der Waals surface area contributed by atoms with E-state index in [0.29, 0.717) is 12.1 Å². The van der Waals surface area contributed by atoms with Crippen LogP contribution in [0.5, 0.6) is 0 Å². The van der Waals surface area contributed by atoms with Crippen molar-refractivity contribution in [1.29, 1.82) is 0 Å². The van der Waals surface area contributed by atoms with E-state index in [2.05, 4.69) is 10.4 Å². The van der Waals surface area contributed by atoms with Crippen molar-refractivity contribution in [3.8, 4) is 0 Å². The number of ether oxygens (including phenoxy) is 1. The molecule has 0 bridgehead atoms. The van der Waals surface area contributed by atoms with Crippen LogP contribution in [0, 0.1) is 6.92 Å². The monoisotopic (exact) mass is 346 g/mol. The summed E-state index contributed by atoms with van der Waals surface area (Å²) in [7, 11) is 1.38. The fraction of sp³-hybridized carbons (Fsp3) is 0.150. The van der Waals surface area contributed by atoms with Crippen molar-refractivity contribution >= 4 is 28.3 Å². The fourth-order valence-electron chi connectivity index (χ4n) is 2.97. The molecule has 130 valence electrons. The molecule has 0 radical (unpaired) electrons. The fourth-order valence-corrected chi connectivity index (χ4v) is 2.97. The molecule has 6 heteroatoms. The number of benzene rings is 2. The summed E-state index contributed by atoms with van der Waals surface area (Å²) in [5.41, 5.74) is 4.33. The second-order valence-electron chi connectivity index (χ2n) is 6.08. The minimum absolute atomic E-state index is 0.335. The summed E-state index contributed by atoms with van der Waals surface area (Å²) in [5.74, 6) is 0.476. The first kappa shape index (κ1) is 16.1. The largest absolute Gasteiger partial charge is 0.465 e. The zero-order valence-corrected chi connectivity index (χ0v) is 14.6. The molecule has 0 saturated heterocycles. The van der Waals surface area contributed by atoms with E-state index in [4.69, 9.17) is 9.72 Å². The number of hydrogen-bond donors (Lipinski definition) is 1. The number of carbonyl (C=O) groups is 1. The number of rotatable bonds is 4. The van der Waals surface area contributed by atoms with E-state index < -0.39 is 0 Å². The molecule has 6 nitrogen and oxygen atoms in total. The maximum Gasteiger partial charge on any atom is 0.337 e. The Morgan fingerprint density at radius 3 is 2.69 bits per heavy atom. The number of fused-ring (bicyclic) bond motifs is 3. The Balaban J connectivity index is 1.65. The molecule has 26 heavy (non-hydrogen) atoms. The standard InChI is InChI=1S/C20H18N4O2/c1-13-11-18-22-19(16-5-3-4-6-17(16)24(18)23-13)21-12-14-7-9-15(10-8-14)20(25)26-2/h3-11H,12H2,1-2H3,(H,21,22). The Labute approximate surface area is 150 Å². The molecule has 0 spiro atoms. The smallest absolute Gasteiger partial charge is 0.337 e. The van der Waals surface area contributed by atoms with Gasteiger partial charge in [0.05, 0.1) is 23.9 Å². The highest BCUT2D eigenvalue weighted by Gasteiger charge is 2.10. The van der Waals surface area contributed by atoms with Crippen molar-refractivity contribution in [2.24, 2.45) is 0 Å². The molecule has 4 aromatic rings. The number of nitrogens with zero attached hydrogens (tertiary/aromatic N) is 3. The number of para-hydroxylation sites is 1. The number of methoxy groups -OCH3 is 1. The summed E-state index contributed by atoms with van der Waals surface area (Å²) >= 11 is 0. The van der Waals surface area contributed by atoms with Gasteiger partial charge in [0.2, 0.25) is 0 Å². The molecule has 2 aromatic carbocycles. The van der Waals surface area contributed by atoms with Crippen LogP contribution in [0.3, 0.4) is 0 Å². The molecular formula is C20H18N4O2. The van der Waals surface area contributed by atoms with Crippen LogP contribution in [-0.2, 0) is 11.3 Å².